The molecule has 2 fully saturated rings. The summed E-state index contributed by atoms with van der Waals surface area (Å²) in [7, 11) is 0. The van der Waals surface area contributed by atoms with E-state index in [9.17, 15) is 9.59 Å². The minimum Gasteiger partial charge on any atom is -0.381 e. The molecule has 2 aromatic rings. The van der Waals surface area contributed by atoms with Crippen molar-refractivity contribution in [3.05, 3.63) is 65.7 Å². The molecule has 2 aliphatic heterocycles. The molecule has 2 aromatic carbocycles. The molecule has 3 aliphatic rings. The van der Waals surface area contributed by atoms with E-state index in [1.165, 1.54) is 5.56 Å². The van der Waals surface area contributed by atoms with E-state index in [0.717, 1.165) is 44.3 Å². The highest BCUT2D eigenvalue weighted by atomic mass is 16.2. The number of hydrogen-bond acceptors (Lipinski definition) is 3. The molecule has 180 valence electrons. The molecular weight excluding hydrogens is 422 g/mol. The molecule has 1 saturated heterocycles. The molecule has 0 unspecified atom stereocenters. The highest BCUT2D eigenvalue weighted by Gasteiger charge is 2.50. The Bertz CT molecular complexity index is 1040. The second-order valence-corrected chi connectivity index (χ2v) is 11.3. The summed E-state index contributed by atoms with van der Waals surface area (Å²) >= 11 is 0. The molecule has 5 heteroatoms. The first kappa shape index (κ1) is 22.9. The van der Waals surface area contributed by atoms with Gasteiger partial charge in [-0.3, -0.25) is 9.59 Å². The van der Waals surface area contributed by atoms with Crippen molar-refractivity contribution in [1.29, 1.82) is 0 Å². The van der Waals surface area contributed by atoms with Gasteiger partial charge in [-0.1, -0.05) is 70.0 Å². The van der Waals surface area contributed by atoms with Crippen LogP contribution in [0.4, 0.5) is 5.69 Å². The van der Waals surface area contributed by atoms with Crippen LogP contribution in [0, 0.1) is 17.3 Å². The Morgan fingerprint density at radius 2 is 1.65 bits per heavy atom. The Hall–Kier alpha value is -2.82. The van der Waals surface area contributed by atoms with E-state index in [4.69, 9.17) is 0 Å². The van der Waals surface area contributed by atoms with Gasteiger partial charge in [0.1, 0.15) is 0 Å². The number of fused-ring (bicyclic) bond motifs is 3. The van der Waals surface area contributed by atoms with Crippen molar-refractivity contribution in [1.82, 2.24) is 10.2 Å². The van der Waals surface area contributed by atoms with Gasteiger partial charge in [-0.25, -0.2) is 0 Å². The van der Waals surface area contributed by atoms with Gasteiger partial charge < -0.3 is 15.5 Å². The summed E-state index contributed by atoms with van der Waals surface area (Å²) in [5, 5.41) is 7.02. The van der Waals surface area contributed by atoms with Crippen LogP contribution in [0.15, 0.2) is 54.6 Å². The van der Waals surface area contributed by atoms with Crippen molar-refractivity contribution in [2.45, 2.75) is 71.0 Å². The second-order valence-electron chi connectivity index (χ2n) is 11.3. The summed E-state index contributed by atoms with van der Waals surface area (Å²) in [6.07, 6.45) is 4.80. The molecule has 2 heterocycles. The fourth-order valence-electron chi connectivity index (χ4n) is 6.48. The highest BCUT2D eigenvalue weighted by Crippen LogP contribution is 2.50. The molecule has 0 aromatic heterocycles. The van der Waals surface area contributed by atoms with Gasteiger partial charge in [0, 0.05) is 35.8 Å². The molecule has 1 aliphatic carbocycles. The molecule has 2 amide bonds. The summed E-state index contributed by atoms with van der Waals surface area (Å²) in [6, 6.07) is 18.1. The van der Waals surface area contributed by atoms with Crippen LogP contribution in [-0.4, -0.2) is 35.3 Å². The number of para-hydroxylation sites is 1. The van der Waals surface area contributed by atoms with Gasteiger partial charge in [0.15, 0.2) is 0 Å². The predicted molar refractivity (Wildman–Crippen MR) is 136 cm³/mol. The van der Waals surface area contributed by atoms with Crippen LogP contribution in [0.1, 0.15) is 74.8 Å². The van der Waals surface area contributed by atoms with Gasteiger partial charge in [-0.15, -0.1) is 0 Å². The lowest BCUT2D eigenvalue weighted by molar-refractivity contribution is -0.139. The van der Waals surface area contributed by atoms with Crippen molar-refractivity contribution in [2.24, 2.45) is 17.3 Å². The van der Waals surface area contributed by atoms with Gasteiger partial charge in [-0.2, -0.15) is 0 Å². The van der Waals surface area contributed by atoms with Crippen LogP contribution in [0.2, 0.25) is 0 Å². The molecular formula is C29H37N3O2. The summed E-state index contributed by atoms with van der Waals surface area (Å²) in [5.41, 5.74) is 3.13. The van der Waals surface area contributed by atoms with E-state index in [1.807, 2.05) is 30.3 Å². The smallest absolute Gasteiger partial charge is 0.251 e. The Labute approximate surface area is 203 Å². The first-order valence-corrected chi connectivity index (χ1v) is 12.9. The quantitative estimate of drug-likeness (QED) is 0.646. The van der Waals surface area contributed by atoms with Crippen molar-refractivity contribution in [3.63, 3.8) is 0 Å². The van der Waals surface area contributed by atoms with Gasteiger partial charge in [0.25, 0.3) is 5.91 Å². The first-order valence-electron chi connectivity index (χ1n) is 12.9. The van der Waals surface area contributed by atoms with E-state index >= 15 is 0 Å². The number of carbonyl (C=O) groups is 2. The van der Waals surface area contributed by atoms with Crippen LogP contribution in [0.3, 0.4) is 0 Å². The van der Waals surface area contributed by atoms with Crippen LogP contribution in [0.5, 0.6) is 0 Å². The second kappa shape index (κ2) is 9.09. The third-order valence-electron chi connectivity index (χ3n) is 8.11. The number of benzene rings is 2. The number of anilines is 1. The van der Waals surface area contributed by atoms with Gasteiger partial charge >= 0.3 is 0 Å². The average Bonchev–Trinajstić information content (AvgIpc) is 3.29. The topological polar surface area (TPSA) is 61.4 Å². The number of rotatable bonds is 3. The molecule has 0 bridgehead atoms. The number of likely N-dealkylation sites (tertiary alicyclic amines) is 1. The normalized spacial score (nSPS) is 28.4. The maximum absolute atomic E-state index is 14.1. The largest absolute Gasteiger partial charge is 0.381 e. The SMILES string of the molecule is CC(C)(C)[C@@H]1Nc2ccccc2[C@H]2[C@@H]1CCN2C(=O)[C@H]1CCCC[C@H]1NC(=O)c1ccccc1. The summed E-state index contributed by atoms with van der Waals surface area (Å²) in [5.74, 6) is 0.370. The number of nitrogens with one attached hydrogen (secondary N) is 2. The summed E-state index contributed by atoms with van der Waals surface area (Å²) in [4.78, 5) is 29.2. The standard InChI is InChI=1S/C29H37N3O2/c1-29(2,3)26-22-17-18-32(25(22)20-13-7-9-15-23(20)30-26)28(34)21-14-8-10-16-24(21)31-27(33)19-11-5-4-6-12-19/h4-7,9,11-13,15,21-22,24-26,30H,8,10,14,16-18H2,1-3H3,(H,31,33)/t21-,22-,24+,25-,26+/m0/s1. The minimum absolute atomic E-state index is 0.0791. The van der Waals surface area contributed by atoms with E-state index < -0.39 is 0 Å². The fourth-order valence-corrected chi connectivity index (χ4v) is 6.48. The van der Waals surface area contributed by atoms with Crippen LogP contribution in [0.25, 0.3) is 0 Å². The van der Waals surface area contributed by atoms with Gasteiger partial charge in [0.05, 0.1) is 12.0 Å². The van der Waals surface area contributed by atoms with E-state index in [0.29, 0.717) is 17.5 Å². The number of nitrogens with zero attached hydrogens (tertiary/aromatic N) is 1. The maximum Gasteiger partial charge on any atom is 0.251 e. The maximum atomic E-state index is 14.1. The van der Waals surface area contributed by atoms with E-state index in [1.54, 1.807) is 0 Å². The van der Waals surface area contributed by atoms with E-state index in [2.05, 4.69) is 60.6 Å². The zero-order valence-corrected chi connectivity index (χ0v) is 20.6. The molecule has 34 heavy (non-hydrogen) atoms. The molecule has 5 rings (SSSR count). The zero-order valence-electron chi connectivity index (χ0n) is 20.6. The molecule has 5 atom stereocenters. The number of carbonyl (C=O) groups excluding carboxylic acids is 2. The number of amides is 2. The van der Waals surface area contributed by atoms with Gasteiger partial charge in [0.2, 0.25) is 5.91 Å². The molecule has 5 nitrogen and oxygen atoms in total. The molecule has 1 saturated carbocycles. The third kappa shape index (κ3) is 4.21. The summed E-state index contributed by atoms with van der Waals surface area (Å²) < 4.78 is 0. The molecule has 2 N–H and O–H groups in total. The highest BCUT2D eigenvalue weighted by molar-refractivity contribution is 5.94. The van der Waals surface area contributed by atoms with Crippen molar-refractivity contribution >= 4 is 17.5 Å². The van der Waals surface area contributed by atoms with Crippen molar-refractivity contribution < 1.29 is 9.59 Å². The number of hydrogen-bond donors (Lipinski definition) is 2. The van der Waals surface area contributed by atoms with E-state index in [-0.39, 0.29) is 35.2 Å². The predicted octanol–water partition coefficient (Wildman–Crippen LogP) is 5.41. The van der Waals surface area contributed by atoms with Crippen LogP contribution >= 0.6 is 0 Å². The lowest BCUT2D eigenvalue weighted by Gasteiger charge is -2.46. The molecule has 0 spiro atoms. The monoisotopic (exact) mass is 459 g/mol. The first-order chi connectivity index (χ1) is 16.3. The van der Waals surface area contributed by atoms with Crippen LogP contribution < -0.4 is 10.6 Å². The van der Waals surface area contributed by atoms with Gasteiger partial charge in [-0.05, 0) is 48.4 Å². The van der Waals surface area contributed by atoms with Crippen LogP contribution in [-0.2, 0) is 4.79 Å². The fraction of sp³-hybridized carbons (Fsp3) is 0.517. The van der Waals surface area contributed by atoms with Crippen molar-refractivity contribution in [3.8, 4) is 0 Å². The van der Waals surface area contributed by atoms with Crippen molar-refractivity contribution in [2.75, 3.05) is 11.9 Å². The lowest BCUT2D eigenvalue weighted by Crippen LogP contribution is -2.51. The molecule has 0 radical (unpaired) electrons. The Balaban J connectivity index is 1.41. The third-order valence-corrected chi connectivity index (χ3v) is 8.11. The average molecular weight is 460 g/mol. The minimum atomic E-state index is -0.157. The Morgan fingerprint density at radius 1 is 0.941 bits per heavy atom. The zero-order chi connectivity index (χ0) is 23.9. The summed E-state index contributed by atoms with van der Waals surface area (Å²) in [6.45, 7) is 7.65. The lowest BCUT2D eigenvalue weighted by atomic mass is 9.72. The Kier molecular flexibility index (Phi) is 6.13. The Morgan fingerprint density at radius 3 is 2.41 bits per heavy atom.